The fourth-order valence-electron chi connectivity index (χ4n) is 2.43. The number of unbranched alkanes of at least 4 members (excludes halogenated alkanes) is 2. The molecule has 0 aliphatic rings. The number of nitrogens with zero attached hydrogens (tertiary/aromatic N) is 2. The van der Waals surface area contributed by atoms with Crippen LogP contribution in [0.5, 0.6) is 0 Å². The first kappa shape index (κ1) is 33.4. The fourth-order valence-corrected chi connectivity index (χ4v) is 3.40. The predicted molar refractivity (Wildman–Crippen MR) is 96.4 cm³/mol. The molecule has 0 aromatic rings. The summed E-state index contributed by atoms with van der Waals surface area (Å²) in [5, 5.41) is 0. The molecule has 8 nitrogen and oxygen atoms in total. The van der Waals surface area contributed by atoms with E-state index in [2.05, 4.69) is 0 Å². The van der Waals surface area contributed by atoms with E-state index >= 15 is 0 Å². The van der Waals surface area contributed by atoms with Crippen LogP contribution in [0.4, 0.5) is 0 Å². The van der Waals surface area contributed by atoms with E-state index < -0.39 is 31.7 Å². The quantitative estimate of drug-likeness (QED) is 0.170. The van der Waals surface area contributed by atoms with Gasteiger partial charge in [-0.1, -0.05) is 26.7 Å². The number of hydrogen-bond donors (Lipinski definition) is 0. The van der Waals surface area contributed by atoms with Crippen molar-refractivity contribution in [2.75, 3.05) is 50.8 Å². The van der Waals surface area contributed by atoms with Crippen LogP contribution in [0.1, 0.15) is 46.0 Å². The van der Waals surface area contributed by atoms with Crippen LogP contribution in [0.15, 0.2) is 0 Å². The van der Waals surface area contributed by atoms with Gasteiger partial charge in [0, 0.05) is 13.1 Å². The van der Waals surface area contributed by atoms with Crippen LogP contribution in [-0.4, -0.2) is 86.5 Å². The minimum atomic E-state index is -4.23. The molecule has 0 saturated carbocycles. The molecule has 0 saturated heterocycles. The van der Waals surface area contributed by atoms with Crippen LogP contribution >= 0.6 is 0 Å². The summed E-state index contributed by atoms with van der Waals surface area (Å²) in [6, 6.07) is 0. The van der Waals surface area contributed by atoms with E-state index in [1.54, 1.807) is 0 Å². The van der Waals surface area contributed by atoms with Crippen molar-refractivity contribution in [2.24, 2.45) is 0 Å². The van der Waals surface area contributed by atoms with Crippen molar-refractivity contribution in [3.05, 3.63) is 0 Å². The molecule has 0 aliphatic carbocycles. The smallest absolute Gasteiger partial charge is 0.748 e. The molecule has 0 radical (unpaired) electrons. The van der Waals surface area contributed by atoms with Gasteiger partial charge in [-0.25, -0.2) is 16.8 Å². The van der Waals surface area contributed by atoms with E-state index in [9.17, 15) is 25.9 Å². The van der Waals surface area contributed by atoms with Crippen LogP contribution in [0.2, 0.25) is 0 Å². The number of rotatable bonds is 16. The van der Waals surface area contributed by atoms with Gasteiger partial charge in [-0.2, -0.15) is 0 Å². The summed E-state index contributed by atoms with van der Waals surface area (Å²) < 4.78 is 64.9. The van der Waals surface area contributed by atoms with E-state index in [4.69, 9.17) is 0 Å². The molecule has 0 aromatic heterocycles. The first-order chi connectivity index (χ1) is 11.6. The number of hydrogen-bond acceptors (Lipinski definition) is 8. The van der Waals surface area contributed by atoms with Crippen molar-refractivity contribution >= 4 is 20.2 Å². The maximum atomic E-state index is 10.8. The Morgan fingerprint density at radius 3 is 1.15 bits per heavy atom. The summed E-state index contributed by atoms with van der Waals surface area (Å²) in [6.45, 7) is 7.26. The summed E-state index contributed by atoms with van der Waals surface area (Å²) >= 11 is 0. The third-order valence-electron chi connectivity index (χ3n) is 3.92. The monoisotopic (exact) mass is 446 g/mol. The average Bonchev–Trinajstić information content (AvgIpc) is 2.49. The molecular formula is C15H32N2Na2O6S2. The van der Waals surface area contributed by atoms with Gasteiger partial charge in [0.15, 0.2) is 0 Å². The molecule has 0 unspecified atom stereocenters. The fraction of sp³-hybridized carbons (Fsp3) is 1.00. The maximum absolute atomic E-state index is 10.8. The summed E-state index contributed by atoms with van der Waals surface area (Å²) in [4.78, 5) is 3.92. The molecule has 0 fully saturated rings. The van der Waals surface area contributed by atoms with Gasteiger partial charge in [0.2, 0.25) is 0 Å². The third kappa shape index (κ3) is 23.9. The van der Waals surface area contributed by atoms with Crippen molar-refractivity contribution in [3.8, 4) is 0 Å². The van der Waals surface area contributed by atoms with E-state index in [0.29, 0.717) is 13.1 Å². The van der Waals surface area contributed by atoms with Gasteiger partial charge < -0.3 is 18.9 Å². The summed E-state index contributed by atoms with van der Waals surface area (Å²) in [7, 11) is -8.45. The Hall–Kier alpha value is 1.74. The minimum Gasteiger partial charge on any atom is -0.748 e. The molecule has 0 aliphatic heterocycles. The molecule has 0 aromatic carbocycles. The van der Waals surface area contributed by atoms with E-state index in [1.165, 1.54) is 0 Å². The molecule has 0 N–H and O–H groups in total. The van der Waals surface area contributed by atoms with Crippen LogP contribution in [0.25, 0.3) is 0 Å². The maximum Gasteiger partial charge on any atom is 1.00 e. The van der Waals surface area contributed by atoms with Crippen LogP contribution in [0.3, 0.4) is 0 Å². The molecule has 0 heterocycles. The van der Waals surface area contributed by atoms with Gasteiger partial charge >= 0.3 is 59.1 Å². The van der Waals surface area contributed by atoms with Gasteiger partial charge in [-0.05, 0) is 45.4 Å². The van der Waals surface area contributed by atoms with Crippen molar-refractivity contribution in [1.29, 1.82) is 0 Å². The van der Waals surface area contributed by atoms with Crippen LogP contribution < -0.4 is 59.1 Å². The Balaban J connectivity index is -0.00000288. The van der Waals surface area contributed by atoms with Crippen LogP contribution in [0, 0.1) is 0 Å². The molecule has 0 bridgehead atoms. The summed E-state index contributed by atoms with van der Waals surface area (Å²) in [5.74, 6) is -0.796. The second-order valence-electron chi connectivity index (χ2n) is 6.27. The van der Waals surface area contributed by atoms with Crippen molar-refractivity contribution in [1.82, 2.24) is 9.80 Å². The summed E-state index contributed by atoms with van der Waals surface area (Å²) in [6.07, 6.45) is 4.53. The third-order valence-corrected chi connectivity index (χ3v) is 5.28. The van der Waals surface area contributed by atoms with Crippen molar-refractivity contribution in [3.63, 3.8) is 0 Å². The normalized spacial score (nSPS) is 12.1. The zero-order valence-electron chi connectivity index (χ0n) is 17.4. The molecular weight excluding hydrogens is 414 g/mol. The zero-order valence-corrected chi connectivity index (χ0v) is 23.0. The molecule has 0 rings (SSSR count). The molecule has 0 atom stereocenters. The predicted octanol–water partition coefficient (Wildman–Crippen LogP) is -5.32. The van der Waals surface area contributed by atoms with Gasteiger partial charge in [0.25, 0.3) is 0 Å². The second-order valence-corrected chi connectivity index (χ2v) is 9.31. The second kappa shape index (κ2) is 18.5. The molecule has 12 heteroatoms. The van der Waals surface area contributed by atoms with Gasteiger partial charge in [-0.15, -0.1) is 0 Å². The molecule has 0 amide bonds. The Bertz CT molecular complexity index is 499. The Morgan fingerprint density at radius 1 is 0.593 bits per heavy atom. The van der Waals surface area contributed by atoms with Gasteiger partial charge in [-0.3, -0.25) is 0 Å². The Kier molecular flexibility index (Phi) is 22.9. The van der Waals surface area contributed by atoms with Gasteiger partial charge in [0.1, 0.15) is 0 Å². The Morgan fingerprint density at radius 2 is 0.889 bits per heavy atom. The molecule has 152 valence electrons. The van der Waals surface area contributed by atoms with E-state index in [0.717, 1.165) is 45.2 Å². The summed E-state index contributed by atoms with van der Waals surface area (Å²) in [5.41, 5.74) is 0. The van der Waals surface area contributed by atoms with Crippen molar-refractivity contribution < 1.29 is 85.1 Å². The topological polar surface area (TPSA) is 121 Å². The van der Waals surface area contributed by atoms with E-state index in [-0.39, 0.29) is 72.2 Å². The average molecular weight is 447 g/mol. The van der Waals surface area contributed by atoms with Crippen molar-refractivity contribution in [2.45, 2.75) is 46.0 Å². The van der Waals surface area contributed by atoms with E-state index in [1.807, 2.05) is 23.6 Å². The first-order valence-corrected chi connectivity index (χ1v) is 12.0. The Labute approximate surface area is 209 Å². The zero-order chi connectivity index (χ0) is 19.3. The standard InChI is InChI=1S/C15H34N2O6S2.2Na/c1-3-5-8-16(12-14-24(18,19)20)10-7-11-17(9-6-4-2)13-15-25(21,22)23;;/h3-15H2,1-2H3,(H,18,19,20)(H,21,22,23);;/q;2*+1/p-2. The minimum absolute atomic E-state index is 0. The first-order valence-electron chi connectivity index (χ1n) is 8.89. The molecule has 0 spiro atoms. The van der Waals surface area contributed by atoms with Crippen LogP contribution in [-0.2, 0) is 20.2 Å². The largest absolute Gasteiger partial charge is 1.00 e. The van der Waals surface area contributed by atoms with Gasteiger partial charge in [0.05, 0.1) is 31.7 Å². The SMILES string of the molecule is CCCCN(CCCN(CCCC)CCS(=O)(=O)[O-])CCS(=O)(=O)[O-].[Na+].[Na+]. The molecule has 27 heavy (non-hydrogen) atoms.